The molecule has 2 aromatic rings. The number of rotatable bonds is 7. The van der Waals surface area contributed by atoms with Gasteiger partial charge in [0, 0.05) is 37.9 Å². The highest BCUT2D eigenvalue weighted by molar-refractivity contribution is 5.65. The third kappa shape index (κ3) is 6.07. The average Bonchev–Trinajstić information content (AvgIpc) is 3.17. The zero-order chi connectivity index (χ0) is 21.7. The SMILES string of the molecule is O=C(O)N1CCN(Cc2ccc(OC(F)(F)F)c(F)c2)C(COCc2cn[nH]c2)C1. The molecule has 2 heterocycles. The van der Waals surface area contributed by atoms with Crippen molar-refractivity contribution in [2.45, 2.75) is 25.6 Å². The van der Waals surface area contributed by atoms with Crippen molar-refractivity contribution < 1.29 is 36.9 Å². The number of amides is 1. The van der Waals surface area contributed by atoms with Crippen molar-refractivity contribution >= 4 is 6.09 Å². The molecule has 0 bridgehead atoms. The summed E-state index contributed by atoms with van der Waals surface area (Å²) in [4.78, 5) is 14.5. The normalized spacial score (nSPS) is 17.9. The number of halogens is 4. The fourth-order valence-electron chi connectivity index (χ4n) is 3.19. The largest absolute Gasteiger partial charge is 0.573 e. The van der Waals surface area contributed by atoms with E-state index in [4.69, 9.17) is 4.74 Å². The van der Waals surface area contributed by atoms with Crippen LogP contribution >= 0.6 is 0 Å². The molecular weight excluding hydrogens is 412 g/mol. The van der Waals surface area contributed by atoms with E-state index in [-0.39, 0.29) is 38.9 Å². The average molecular weight is 432 g/mol. The number of carbonyl (C=O) groups is 1. The summed E-state index contributed by atoms with van der Waals surface area (Å²) in [6.45, 7) is 1.54. The van der Waals surface area contributed by atoms with Crippen LogP contribution < -0.4 is 4.74 Å². The van der Waals surface area contributed by atoms with Crippen LogP contribution in [-0.4, -0.2) is 69.8 Å². The number of aromatic nitrogens is 2. The van der Waals surface area contributed by atoms with Crippen LogP contribution in [0.5, 0.6) is 5.75 Å². The minimum absolute atomic E-state index is 0.193. The van der Waals surface area contributed by atoms with E-state index in [1.165, 1.54) is 11.0 Å². The van der Waals surface area contributed by atoms with E-state index >= 15 is 0 Å². The number of nitrogens with one attached hydrogen (secondary N) is 1. The van der Waals surface area contributed by atoms with Gasteiger partial charge in [0.05, 0.1) is 25.5 Å². The monoisotopic (exact) mass is 432 g/mol. The Balaban J connectivity index is 1.65. The van der Waals surface area contributed by atoms with Gasteiger partial charge in [0.1, 0.15) is 0 Å². The van der Waals surface area contributed by atoms with E-state index in [1.807, 2.05) is 4.90 Å². The molecule has 0 spiro atoms. The van der Waals surface area contributed by atoms with Gasteiger partial charge in [-0.15, -0.1) is 13.2 Å². The summed E-state index contributed by atoms with van der Waals surface area (Å²) < 4.78 is 60.2. The first-order valence-corrected chi connectivity index (χ1v) is 9.03. The molecule has 1 unspecified atom stereocenters. The van der Waals surface area contributed by atoms with E-state index < -0.39 is 24.0 Å². The van der Waals surface area contributed by atoms with Gasteiger partial charge in [-0.05, 0) is 17.7 Å². The lowest BCUT2D eigenvalue weighted by Crippen LogP contribution is -2.55. The molecule has 1 aromatic carbocycles. The van der Waals surface area contributed by atoms with Gasteiger partial charge in [-0.3, -0.25) is 10.00 Å². The van der Waals surface area contributed by atoms with Crippen LogP contribution in [0.4, 0.5) is 22.4 Å². The van der Waals surface area contributed by atoms with E-state index in [0.717, 1.165) is 17.7 Å². The lowest BCUT2D eigenvalue weighted by atomic mass is 10.1. The zero-order valence-corrected chi connectivity index (χ0v) is 15.7. The number of H-pyrrole nitrogens is 1. The van der Waals surface area contributed by atoms with Gasteiger partial charge in [0.15, 0.2) is 11.6 Å². The van der Waals surface area contributed by atoms with Gasteiger partial charge in [-0.2, -0.15) is 5.10 Å². The highest BCUT2D eigenvalue weighted by Gasteiger charge is 2.33. The molecule has 30 heavy (non-hydrogen) atoms. The predicted octanol–water partition coefficient (Wildman–Crippen LogP) is 2.83. The van der Waals surface area contributed by atoms with Crippen molar-refractivity contribution in [3.63, 3.8) is 0 Å². The minimum atomic E-state index is -4.98. The Kier molecular flexibility index (Phi) is 6.77. The van der Waals surface area contributed by atoms with Gasteiger partial charge < -0.3 is 19.5 Å². The molecule has 1 aromatic heterocycles. The molecule has 1 aliphatic heterocycles. The number of piperazine rings is 1. The molecule has 1 atom stereocenters. The van der Waals surface area contributed by atoms with Gasteiger partial charge >= 0.3 is 12.5 Å². The molecule has 1 aliphatic rings. The highest BCUT2D eigenvalue weighted by Crippen LogP contribution is 2.27. The van der Waals surface area contributed by atoms with Crippen molar-refractivity contribution in [2.24, 2.45) is 0 Å². The summed E-state index contributed by atoms with van der Waals surface area (Å²) in [5.74, 6) is -2.02. The second-order valence-corrected chi connectivity index (χ2v) is 6.79. The summed E-state index contributed by atoms with van der Waals surface area (Å²) in [5.41, 5.74) is 1.26. The third-order valence-corrected chi connectivity index (χ3v) is 4.62. The lowest BCUT2D eigenvalue weighted by molar-refractivity contribution is -0.275. The number of nitrogens with zero attached hydrogens (tertiary/aromatic N) is 3. The second kappa shape index (κ2) is 9.30. The maximum atomic E-state index is 14.0. The fourth-order valence-corrected chi connectivity index (χ4v) is 3.19. The summed E-state index contributed by atoms with van der Waals surface area (Å²) in [6, 6.07) is 2.94. The zero-order valence-electron chi connectivity index (χ0n) is 15.7. The van der Waals surface area contributed by atoms with Crippen molar-refractivity contribution in [3.8, 4) is 5.75 Å². The summed E-state index contributed by atoms with van der Waals surface area (Å²) in [7, 11) is 0. The van der Waals surface area contributed by atoms with Crippen LogP contribution in [0, 0.1) is 5.82 Å². The second-order valence-electron chi connectivity index (χ2n) is 6.79. The first-order valence-electron chi connectivity index (χ1n) is 9.03. The molecule has 8 nitrogen and oxygen atoms in total. The molecule has 1 fully saturated rings. The Morgan fingerprint density at radius 2 is 2.10 bits per heavy atom. The number of benzene rings is 1. The Bertz CT molecular complexity index is 847. The van der Waals surface area contributed by atoms with Crippen LogP contribution in [-0.2, 0) is 17.9 Å². The van der Waals surface area contributed by atoms with Crippen LogP contribution in [0.25, 0.3) is 0 Å². The Morgan fingerprint density at radius 3 is 2.73 bits per heavy atom. The Labute approximate surface area is 169 Å². The third-order valence-electron chi connectivity index (χ3n) is 4.62. The maximum absolute atomic E-state index is 14.0. The van der Waals surface area contributed by atoms with E-state index in [2.05, 4.69) is 14.9 Å². The minimum Gasteiger partial charge on any atom is -0.465 e. The number of hydrogen-bond donors (Lipinski definition) is 2. The van der Waals surface area contributed by atoms with Crippen molar-refractivity contribution in [2.75, 3.05) is 26.2 Å². The van der Waals surface area contributed by atoms with Gasteiger partial charge in [-0.1, -0.05) is 6.07 Å². The molecule has 164 valence electrons. The standard InChI is InChI=1S/C18H20F4N4O4/c19-15-5-12(1-2-16(15)30-18(20,21)22)8-25-3-4-26(17(27)28)9-14(25)11-29-10-13-6-23-24-7-13/h1-2,5-7,14H,3-4,8-11H2,(H,23,24)(H,27,28). The van der Waals surface area contributed by atoms with E-state index in [1.54, 1.807) is 12.4 Å². The first kappa shape index (κ1) is 21.8. The molecule has 0 saturated carbocycles. The quantitative estimate of drug-likeness (QED) is 0.654. The number of hydrogen-bond acceptors (Lipinski definition) is 5. The molecule has 3 rings (SSSR count). The molecule has 12 heteroatoms. The van der Waals surface area contributed by atoms with E-state index in [9.17, 15) is 27.5 Å². The maximum Gasteiger partial charge on any atom is 0.573 e. The summed E-state index contributed by atoms with van der Waals surface area (Å²) in [5, 5.41) is 15.7. The molecular formula is C18H20F4N4O4. The molecule has 1 amide bonds. The fraction of sp³-hybridized carbons (Fsp3) is 0.444. The molecule has 0 aliphatic carbocycles. The predicted molar refractivity (Wildman–Crippen MR) is 95.1 cm³/mol. The lowest BCUT2D eigenvalue weighted by Gasteiger charge is -2.40. The smallest absolute Gasteiger partial charge is 0.465 e. The van der Waals surface area contributed by atoms with Crippen molar-refractivity contribution in [1.29, 1.82) is 0 Å². The van der Waals surface area contributed by atoms with Crippen LogP contribution in [0.1, 0.15) is 11.1 Å². The van der Waals surface area contributed by atoms with Gasteiger partial charge in [0.2, 0.25) is 0 Å². The molecule has 2 N–H and O–H groups in total. The Morgan fingerprint density at radius 1 is 1.30 bits per heavy atom. The number of aromatic amines is 1. The van der Waals surface area contributed by atoms with Crippen LogP contribution in [0.2, 0.25) is 0 Å². The highest BCUT2D eigenvalue weighted by atomic mass is 19.4. The van der Waals surface area contributed by atoms with Crippen molar-refractivity contribution in [1.82, 2.24) is 20.0 Å². The summed E-state index contributed by atoms with van der Waals surface area (Å²) >= 11 is 0. The van der Waals surface area contributed by atoms with Gasteiger partial charge in [-0.25, -0.2) is 9.18 Å². The summed E-state index contributed by atoms with van der Waals surface area (Å²) in [6.07, 6.45) is -2.74. The first-order chi connectivity index (χ1) is 14.2. The number of alkyl halides is 3. The van der Waals surface area contributed by atoms with Gasteiger partial charge in [0.25, 0.3) is 0 Å². The molecule has 1 saturated heterocycles. The topological polar surface area (TPSA) is 90.9 Å². The number of ether oxygens (including phenoxy) is 2. The number of carboxylic acid groups (broad SMARTS) is 1. The van der Waals surface area contributed by atoms with E-state index in [0.29, 0.717) is 12.1 Å². The van der Waals surface area contributed by atoms with Crippen LogP contribution in [0.3, 0.4) is 0 Å². The Hall–Kier alpha value is -2.86. The molecule has 0 radical (unpaired) electrons. The van der Waals surface area contributed by atoms with Crippen molar-refractivity contribution in [3.05, 3.63) is 47.5 Å². The van der Waals surface area contributed by atoms with Crippen LogP contribution in [0.15, 0.2) is 30.6 Å².